The Morgan fingerprint density at radius 1 is 1.40 bits per heavy atom. The molecule has 0 unspecified atom stereocenters. The third kappa shape index (κ3) is 3.28. The van der Waals surface area contributed by atoms with Gasteiger partial charge in [0.2, 0.25) is 0 Å². The van der Waals surface area contributed by atoms with Crippen LogP contribution in [0.4, 0.5) is 0 Å². The average molecular weight is 278 g/mol. The largest absolute Gasteiger partial charge is 0.477 e. The minimum atomic E-state index is -0.985. The van der Waals surface area contributed by atoms with Crippen LogP contribution in [0.1, 0.15) is 53.5 Å². The van der Waals surface area contributed by atoms with E-state index in [2.05, 4.69) is 11.9 Å². The molecular formula is C15H22N2O3. The summed E-state index contributed by atoms with van der Waals surface area (Å²) in [5.41, 5.74) is 0.654. The zero-order valence-corrected chi connectivity index (χ0v) is 12.1. The Hall–Kier alpha value is -1.62. The van der Waals surface area contributed by atoms with E-state index in [1.54, 1.807) is 10.8 Å². The number of aromatic carboxylic acids is 1. The van der Waals surface area contributed by atoms with E-state index in [0.29, 0.717) is 18.2 Å². The predicted octanol–water partition coefficient (Wildman–Crippen LogP) is 2.26. The number of carboxylic acid groups (broad SMARTS) is 1. The lowest BCUT2D eigenvalue weighted by atomic mass is 10.2. The lowest BCUT2D eigenvalue weighted by Crippen LogP contribution is -2.32. The van der Waals surface area contributed by atoms with Gasteiger partial charge in [-0.15, -0.1) is 0 Å². The van der Waals surface area contributed by atoms with Crippen LogP contribution in [-0.2, 0) is 6.54 Å². The molecule has 5 heteroatoms. The van der Waals surface area contributed by atoms with Crippen molar-refractivity contribution in [3.05, 3.63) is 23.5 Å². The Morgan fingerprint density at radius 3 is 2.60 bits per heavy atom. The Labute approximate surface area is 119 Å². The van der Waals surface area contributed by atoms with Gasteiger partial charge in [0.05, 0.1) is 0 Å². The van der Waals surface area contributed by atoms with E-state index in [-0.39, 0.29) is 11.5 Å². The molecule has 0 atom stereocenters. The number of carboxylic acids is 1. The normalized spacial score (nSPS) is 15.9. The van der Waals surface area contributed by atoms with Crippen molar-refractivity contribution in [2.24, 2.45) is 0 Å². The van der Waals surface area contributed by atoms with Crippen molar-refractivity contribution >= 4 is 11.8 Å². The molecule has 1 N–H and O–H groups in total. The number of hydrogen-bond donors (Lipinski definition) is 1. The first-order valence-electron chi connectivity index (χ1n) is 7.13. The van der Waals surface area contributed by atoms with E-state index in [0.717, 1.165) is 6.54 Å². The van der Waals surface area contributed by atoms with E-state index in [1.807, 2.05) is 0 Å². The summed E-state index contributed by atoms with van der Waals surface area (Å²) >= 11 is 0. The number of rotatable bonds is 6. The second-order valence-electron chi connectivity index (χ2n) is 5.59. The van der Waals surface area contributed by atoms with Gasteiger partial charge in [-0.2, -0.15) is 0 Å². The van der Waals surface area contributed by atoms with Gasteiger partial charge in [-0.1, -0.05) is 12.8 Å². The molecule has 0 spiro atoms. The van der Waals surface area contributed by atoms with Crippen LogP contribution in [0.25, 0.3) is 0 Å². The molecule has 1 fully saturated rings. The van der Waals surface area contributed by atoms with Crippen LogP contribution in [0.2, 0.25) is 0 Å². The third-order valence-corrected chi connectivity index (χ3v) is 4.16. The number of likely N-dealkylation sites (N-methyl/N-ethyl adjacent to an activating group) is 1. The molecule has 0 aromatic carbocycles. The number of carbonyl (C=O) groups is 2. The number of Topliss-reactive ketones (excluding diaryl/α,β-unsaturated/α-hetero) is 1. The summed E-state index contributed by atoms with van der Waals surface area (Å²) < 4.78 is 1.67. The molecule has 2 rings (SSSR count). The molecule has 1 heterocycles. The summed E-state index contributed by atoms with van der Waals surface area (Å²) in [6.45, 7) is 2.86. The summed E-state index contributed by atoms with van der Waals surface area (Å²) in [7, 11) is 2.09. The molecule has 1 aromatic rings. The van der Waals surface area contributed by atoms with Crippen LogP contribution in [0, 0.1) is 0 Å². The van der Waals surface area contributed by atoms with Crippen molar-refractivity contribution in [1.29, 1.82) is 0 Å². The van der Waals surface area contributed by atoms with E-state index in [4.69, 9.17) is 0 Å². The van der Waals surface area contributed by atoms with Gasteiger partial charge >= 0.3 is 5.97 Å². The van der Waals surface area contributed by atoms with Gasteiger partial charge in [-0.3, -0.25) is 4.79 Å². The van der Waals surface area contributed by atoms with Crippen molar-refractivity contribution in [2.75, 3.05) is 13.6 Å². The molecule has 0 saturated heterocycles. The summed E-state index contributed by atoms with van der Waals surface area (Å²) in [6, 6.07) is 2.08. The highest BCUT2D eigenvalue weighted by Gasteiger charge is 2.20. The van der Waals surface area contributed by atoms with E-state index in [9.17, 15) is 14.7 Å². The summed E-state index contributed by atoms with van der Waals surface area (Å²) in [6.07, 6.45) is 6.67. The van der Waals surface area contributed by atoms with Gasteiger partial charge in [-0.05, 0) is 32.9 Å². The minimum Gasteiger partial charge on any atom is -0.477 e. The van der Waals surface area contributed by atoms with Crippen molar-refractivity contribution < 1.29 is 14.7 Å². The summed E-state index contributed by atoms with van der Waals surface area (Å²) in [5.74, 6) is -1.09. The van der Waals surface area contributed by atoms with Crippen molar-refractivity contribution in [2.45, 2.75) is 45.2 Å². The van der Waals surface area contributed by atoms with Crippen molar-refractivity contribution in [3.63, 3.8) is 0 Å². The third-order valence-electron chi connectivity index (χ3n) is 4.16. The van der Waals surface area contributed by atoms with E-state index >= 15 is 0 Å². The molecule has 1 aliphatic rings. The van der Waals surface area contributed by atoms with Crippen LogP contribution in [0.15, 0.2) is 12.3 Å². The lowest BCUT2D eigenvalue weighted by molar-refractivity contribution is 0.0684. The van der Waals surface area contributed by atoms with Crippen LogP contribution in [0.3, 0.4) is 0 Å². The van der Waals surface area contributed by atoms with Crippen molar-refractivity contribution in [3.8, 4) is 0 Å². The zero-order valence-electron chi connectivity index (χ0n) is 12.1. The van der Waals surface area contributed by atoms with Gasteiger partial charge < -0.3 is 14.6 Å². The number of ketones is 1. The van der Waals surface area contributed by atoms with Crippen LogP contribution >= 0.6 is 0 Å². The van der Waals surface area contributed by atoms with Gasteiger partial charge in [0.15, 0.2) is 5.78 Å². The molecule has 1 saturated carbocycles. The topological polar surface area (TPSA) is 62.5 Å². The van der Waals surface area contributed by atoms with E-state index in [1.165, 1.54) is 38.7 Å². The summed E-state index contributed by atoms with van der Waals surface area (Å²) in [4.78, 5) is 24.9. The zero-order chi connectivity index (χ0) is 14.7. The number of nitrogens with zero attached hydrogens (tertiary/aromatic N) is 2. The number of hydrogen-bond acceptors (Lipinski definition) is 3. The molecule has 20 heavy (non-hydrogen) atoms. The van der Waals surface area contributed by atoms with Crippen LogP contribution < -0.4 is 0 Å². The van der Waals surface area contributed by atoms with Gasteiger partial charge in [0.1, 0.15) is 5.69 Å². The Kier molecular flexibility index (Phi) is 4.60. The van der Waals surface area contributed by atoms with Gasteiger partial charge in [0.25, 0.3) is 0 Å². The molecule has 1 aliphatic carbocycles. The second kappa shape index (κ2) is 6.22. The van der Waals surface area contributed by atoms with Crippen molar-refractivity contribution in [1.82, 2.24) is 9.47 Å². The standard InChI is InChI=1S/C15H22N2O3/c1-11(18)12-9-14(15(19)20)17(10-12)8-7-16(2)13-5-3-4-6-13/h9-10,13H,3-8H2,1-2H3,(H,19,20). The fourth-order valence-corrected chi connectivity index (χ4v) is 2.86. The van der Waals surface area contributed by atoms with Crippen LogP contribution in [0.5, 0.6) is 0 Å². The maximum atomic E-state index is 11.4. The maximum Gasteiger partial charge on any atom is 0.352 e. The number of aromatic nitrogens is 1. The molecule has 0 aliphatic heterocycles. The highest BCUT2D eigenvalue weighted by atomic mass is 16.4. The molecule has 0 amide bonds. The number of carbonyl (C=O) groups excluding carboxylic acids is 1. The quantitative estimate of drug-likeness (QED) is 0.811. The fourth-order valence-electron chi connectivity index (χ4n) is 2.86. The molecule has 0 radical (unpaired) electrons. The first-order valence-corrected chi connectivity index (χ1v) is 7.13. The maximum absolute atomic E-state index is 11.4. The lowest BCUT2D eigenvalue weighted by Gasteiger charge is -2.24. The molecule has 0 bridgehead atoms. The average Bonchev–Trinajstić information content (AvgIpc) is 3.05. The predicted molar refractivity (Wildman–Crippen MR) is 76.3 cm³/mol. The fraction of sp³-hybridized carbons (Fsp3) is 0.600. The first kappa shape index (κ1) is 14.8. The van der Waals surface area contributed by atoms with Gasteiger partial charge in [-0.25, -0.2) is 4.79 Å². The second-order valence-corrected chi connectivity index (χ2v) is 5.59. The van der Waals surface area contributed by atoms with E-state index < -0.39 is 5.97 Å². The van der Waals surface area contributed by atoms with Gasteiger partial charge in [0, 0.05) is 30.9 Å². The summed E-state index contributed by atoms with van der Waals surface area (Å²) in [5, 5.41) is 9.19. The Balaban J connectivity index is 2.04. The molecule has 1 aromatic heterocycles. The smallest absolute Gasteiger partial charge is 0.352 e. The highest BCUT2D eigenvalue weighted by Crippen LogP contribution is 2.22. The molecular weight excluding hydrogens is 256 g/mol. The molecule has 110 valence electrons. The highest BCUT2D eigenvalue weighted by molar-refractivity contribution is 5.97. The molecule has 5 nitrogen and oxygen atoms in total. The monoisotopic (exact) mass is 278 g/mol. The Morgan fingerprint density at radius 2 is 2.05 bits per heavy atom. The SMILES string of the molecule is CC(=O)c1cc(C(=O)O)n(CCN(C)C2CCCC2)c1. The first-order chi connectivity index (χ1) is 9.49. The minimum absolute atomic E-state index is 0.101. The van der Waals surface area contributed by atoms with Crippen LogP contribution in [-0.4, -0.2) is 46.0 Å². The Bertz CT molecular complexity index is 501.